The molecule has 0 aliphatic heterocycles. The number of para-hydroxylation sites is 1. The molecule has 0 fully saturated rings. The average molecular weight is 399 g/mol. The Morgan fingerprint density at radius 2 is 1.55 bits per heavy atom. The van der Waals surface area contributed by atoms with Crippen LogP contribution in [-0.2, 0) is 0 Å². The Hall–Kier alpha value is -3.72. The Morgan fingerprint density at radius 3 is 2.39 bits per heavy atom. The number of aryl methyl sites for hydroxylation is 1. The van der Waals surface area contributed by atoms with E-state index in [4.69, 9.17) is 9.97 Å². The van der Waals surface area contributed by atoms with Crippen LogP contribution in [0.1, 0.15) is 30.9 Å². The summed E-state index contributed by atoms with van der Waals surface area (Å²) in [6.45, 7) is 6.79. The topological polar surface area (TPSA) is 30.2 Å². The number of nitrogens with zero attached hydrogens (tertiary/aromatic N) is 3. The molecule has 0 aliphatic carbocycles. The Bertz CT molecular complexity index is 1820. The summed E-state index contributed by atoms with van der Waals surface area (Å²) < 4.78 is 2.48. The molecule has 3 heteroatoms. The number of aromatic nitrogens is 3. The normalized spacial score (nSPS) is 12.6. The van der Waals surface area contributed by atoms with E-state index in [1.165, 1.54) is 60.0 Å². The van der Waals surface area contributed by atoms with Crippen LogP contribution in [0.25, 0.3) is 59.9 Å². The van der Waals surface area contributed by atoms with E-state index in [1.54, 1.807) is 6.33 Å². The summed E-state index contributed by atoms with van der Waals surface area (Å²) in [5, 5.41) is 7.54. The second-order valence-electron chi connectivity index (χ2n) is 8.93. The monoisotopic (exact) mass is 399 g/mol. The van der Waals surface area contributed by atoms with Crippen molar-refractivity contribution in [2.24, 2.45) is 0 Å². The molecular formula is C28H21N3. The first-order valence-corrected chi connectivity index (χ1v) is 10.9. The Labute approximate surface area is 179 Å². The first-order valence-electron chi connectivity index (χ1n) is 10.9. The Kier molecular flexibility index (Phi) is 3.13. The fourth-order valence-electron chi connectivity index (χ4n) is 5.61. The van der Waals surface area contributed by atoms with Gasteiger partial charge in [0.1, 0.15) is 6.33 Å². The minimum atomic E-state index is 0.404. The molecule has 0 bridgehead atoms. The third-order valence-corrected chi connectivity index (χ3v) is 6.94. The highest BCUT2D eigenvalue weighted by atomic mass is 14.9. The molecule has 7 rings (SSSR count). The molecule has 7 aromatic rings. The van der Waals surface area contributed by atoms with Crippen LogP contribution in [0.15, 0.2) is 67.0 Å². The van der Waals surface area contributed by atoms with Crippen molar-refractivity contribution >= 4 is 59.9 Å². The summed E-state index contributed by atoms with van der Waals surface area (Å²) in [4.78, 5) is 9.54. The molecular weight excluding hydrogens is 378 g/mol. The zero-order chi connectivity index (χ0) is 20.9. The van der Waals surface area contributed by atoms with Crippen molar-refractivity contribution in [3.63, 3.8) is 0 Å². The zero-order valence-electron chi connectivity index (χ0n) is 17.8. The number of pyridine rings is 1. The van der Waals surface area contributed by atoms with Crippen LogP contribution in [0.4, 0.5) is 0 Å². The van der Waals surface area contributed by atoms with Crippen LogP contribution in [0.5, 0.6) is 0 Å². The van der Waals surface area contributed by atoms with Crippen LogP contribution in [0.3, 0.4) is 0 Å². The van der Waals surface area contributed by atoms with Gasteiger partial charge in [-0.15, -0.1) is 0 Å². The molecule has 0 unspecified atom stereocenters. The summed E-state index contributed by atoms with van der Waals surface area (Å²) in [7, 11) is 0. The van der Waals surface area contributed by atoms with Gasteiger partial charge in [-0.05, 0) is 52.9 Å². The molecule has 31 heavy (non-hydrogen) atoms. The summed E-state index contributed by atoms with van der Waals surface area (Å²) >= 11 is 0. The van der Waals surface area contributed by atoms with E-state index in [1.807, 2.05) is 0 Å². The predicted molar refractivity (Wildman–Crippen MR) is 131 cm³/mol. The minimum absolute atomic E-state index is 0.404. The number of rotatable bonds is 1. The van der Waals surface area contributed by atoms with E-state index in [9.17, 15) is 0 Å². The van der Waals surface area contributed by atoms with E-state index in [0.717, 1.165) is 11.0 Å². The number of benzene rings is 4. The molecule has 3 nitrogen and oxygen atoms in total. The third-order valence-electron chi connectivity index (χ3n) is 6.94. The van der Waals surface area contributed by atoms with Crippen LogP contribution in [-0.4, -0.2) is 14.4 Å². The molecule has 148 valence electrons. The van der Waals surface area contributed by atoms with Gasteiger partial charge in [-0.25, -0.2) is 9.97 Å². The van der Waals surface area contributed by atoms with Crippen molar-refractivity contribution in [2.45, 2.75) is 26.7 Å². The summed E-state index contributed by atoms with van der Waals surface area (Å²) in [5.74, 6) is 0.404. The molecule has 3 aromatic heterocycles. The van der Waals surface area contributed by atoms with E-state index in [-0.39, 0.29) is 0 Å². The summed E-state index contributed by atoms with van der Waals surface area (Å²) in [6.07, 6.45) is 1.72. The zero-order valence-corrected chi connectivity index (χ0v) is 17.8. The molecule has 0 amide bonds. The predicted octanol–water partition coefficient (Wildman–Crippen LogP) is 7.36. The lowest BCUT2D eigenvalue weighted by molar-refractivity contribution is 0.878. The lowest BCUT2D eigenvalue weighted by Crippen LogP contribution is -1.99. The van der Waals surface area contributed by atoms with Crippen molar-refractivity contribution in [1.82, 2.24) is 14.4 Å². The lowest BCUT2D eigenvalue weighted by atomic mass is 9.93. The minimum Gasteiger partial charge on any atom is -0.307 e. The first-order chi connectivity index (χ1) is 15.1. The molecule has 0 saturated heterocycles. The SMILES string of the molecule is Cc1c2ccccc2cc2c3ncnc4cc(C(C)C)c5c6ccccc6n(c12)c5c43. The van der Waals surface area contributed by atoms with Crippen LogP contribution >= 0.6 is 0 Å². The first kappa shape index (κ1) is 17.0. The third kappa shape index (κ3) is 1.99. The van der Waals surface area contributed by atoms with E-state index in [2.05, 4.69) is 85.8 Å². The Morgan fingerprint density at radius 1 is 0.774 bits per heavy atom. The van der Waals surface area contributed by atoms with E-state index in [0.29, 0.717) is 5.92 Å². The molecule has 0 atom stereocenters. The fraction of sp³-hybridized carbons (Fsp3) is 0.143. The van der Waals surface area contributed by atoms with E-state index < -0.39 is 0 Å². The Balaban J connectivity index is 1.95. The molecule has 3 heterocycles. The summed E-state index contributed by atoms with van der Waals surface area (Å²) in [5.41, 5.74) is 8.47. The maximum absolute atomic E-state index is 4.83. The maximum atomic E-state index is 4.83. The molecule has 0 spiro atoms. The highest BCUT2D eigenvalue weighted by Crippen LogP contribution is 2.44. The van der Waals surface area contributed by atoms with Gasteiger partial charge in [0.25, 0.3) is 0 Å². The van der Waals surface area contributed by atoms with Gasteiger partial charge in [0.15, 0.2) is 0 Å². The van der Waals surface area contributed by atoms with E-state index >= 15 is 0 Å². The molecule has 0 saturated carbocycles. The van der Waals surface area contributed by atoms with Gasteiger partial charge in [-0.1, -0.05) is 56.3 Å². The van der Waals surface area contributed by atoms with Gasteiger partial charge >= 0.3 is 0 Å². The van der Waals surface area contributed by atoms with Gasteiger partial charge < -0.3 is 4.40 Å². The van der Waals surface area contributed by atoms with Crippen molar-refractivity contribution < 1.29 is 0 Å². The van der Waals surface area contributed by atoms with Gasteiger partial charge in [0.05, 0.1) is 33.0 Å². The van der Waals surface area contributed by atoms with Crippen LogP contribution < -0.4 is 0 Å². The van der Waals surface area contributed by atoms with Crippen molar-refractivity contribution in [2.75, 3.05) is 0 Å². The number of hydrogen-bond acceptors (Lipinski definition) is 2. The summed E-state index contributed by atoms with van der Waals surface area (Å²) in [6, 6.07) is 22.0. The van der Waals surface area contributed by atoms with Crippen LogP contribution in [0, 0.1) is 6.92 Å². The number of fused-ring (bicyclic) bond motifs is 7. The van der Waals surface area contributed by atoms with Crippen molar-refractivity contribution in [1.29, 1.82) is 0 Å². The van der Waals surface area contributed by atoms with Crippen LogP contribution in [0.2, 0.25) is 0 Å². The standard InChI is InChI=1S/C28H21N3/c1-15(2)20-13-22-25-26(30-14-29-22)21-12-17-8-4-5-9-18(17)16(3)27(21)31-23-11-7-6-10-19(23)24(20)28(25)31/h4-15H,1-3H3. The second kappa shape index (κ2) is 5.70. The highest BCUT2D eigenvalue weighted by Gasteiger charge is 2.23. The highest BCUT2D eigenvalue weighted by molar-refractivity contribution is 6.29. The average Bonchev–Trinajstić information content (AvgIpc) is 3.14. The van der Waals surface area contributed by atoms with Gasteiger partial charge in [-0.3, -0.25) is 0 Å². The molecule has 0 radical (unpaired) electrons. The maximum Gasteiger partial charge on any atom is 0.116 e. The van der Waals surface area contributed by atoms with Gasteiger partial charge in [0, 0.05) is 16.2 Å². The molecule has 0 aliphatic rings. The fourth-order valence-corrected chi connectivity index (χ4v) is 5.61. The smallest absolute Gasteiger partial charge is 0.116 e. The molecule has 4 aromatic carbocycles. The second-order valence-corrected chi connectivity index (χ2v) is 8.93. The van der Waals surface area contributed by atoms with Gasteiger partial charge in [-0.2, -0.15) is 0 Å². The van der Waals surface area contributed by atoms with Crippen molar-refractivity contribution in [3.05, 3.63) is 78.1 Å². The quantitative estimate of drug-likeness (QED) is 0.213. The largest absolute Gasteiger partial charge is 0.307 e. The van der Waals surface area contributed by atoms with Crippen molar-refractivity contribution in [3.8, 4) is 0 Å². The lowest BCUT2D eigenvalue weighted by Gasteiger charge is -2.17. The molecule has 0 N–H and O–H groups in total. The van der Waals surface area contributed by atoms with Gasteiger partial charge in [0.2, 0.25) is 0 Å². The number of hydrogen-bond donors (Lipinski definition) is 0.